The second-order valence-corrected chi connectivity index (χ2v) is 13.0. The molecule has 0 bridgehead atoms. The minimum absolute atomic E-state index is 0.0704. The second kappa shape index (κ2) is 18.5. The van der Waals surface area contributed by atoms with Crippen LogP contribution in [0.2, 0.25) is 0 Å². The minimum atomic E-state index is -1.63. The van der Waals surface area contributed by atoms with Crippen LogP contribution in [-0.4, -0.2) is 41.5 Å². The zero-order valence-electron chi connectivity index (χ0n) is 26.2. The van der Waals surface area contributed by atoms with Crippen LogP contribution in [0.4, 0.5) is 5.69 Å². The summed E-state index contributed by atoms with van der Waals surface area (Å²) in [5.74, 6) is 0.875. The van der Waals surface area contributed by atoms with Crippen molar-refractivity contribution < 1.29 is 23.4 Å². The van der Waals surface area contributed by atoms with Gasteiger partial charge in [0.2, 0.25) is 0 Å². The lowest BCUT2D eigenvalue weighted by Gasteiger charge is -2.40. The van der Waals surface area contributed by atoms with E-state index in [0.717, 1.165) is 38.5 Å². The maximum atomic E-state index is 12.4. The Hall–Kier alpha value is -1.98. The Morgan fingerprint density at radius 2 is 1.48 bits per heavy atom. The first kappa shape index (κ1) is 36.0. The maximum Gasteiger partial charge on any atom is 0.279 e. The van der Waals surface area contributed by atoms with E-state index >= 15 is 0 Å². The summed E-state index contributed by atoms with van der Waals surface area (Å²) < 4.78 is 27.2. The molecule has 0 heterocycles. The Morgan fingerprint density at radius 1 is 0.950 bits per heavy atom. The summed E-state index contributed by atoms with van der Waals surface area (Å²) in [6.07, 6.45) is 5.45. The van der Waals surface area contributed by atoms with Crippen LogP contribution < -0.4 is 9.47 Å². The molecule has 0 saturated carbocycles. The fourth-order valence-corrected chi connectivity index (χ4v) is 6.21. The van der Waals surface area contributed by atoms with Crippen molar-refractivity contribution in [1.82, 2.24) is 4.67 Å². The number of hydrogen-bond donors (Lipinski definition) is 0. The van der Waals surface area contributed by atoms with E-state index in [0.29, 0.717) is 30.3 Å². The number of nitriles is 1. The van der Waals surface area contributed by atoms with Crippen LogP contribution >= 0.6 is 8.53 Å². The van der Waals surface area contributed by atoms with Gasteiger partial charge >= 0.3 is 0 Å². The molecule has 1 rings (SSSR count). The summed E-state index contributed by atoms with van der Waals surface area (Å²) >= 11 is 0. The Morgan fingerprint density at radius 3 is 1.90 bits per heavy atom. The molecule has 0 fully saturated rings. The summed E-state index contributed by atoms with van der Waals surface area (Å²) in [4.78, 5) is 12.0. The molecule has 2 unspecified atom stereocenters. The standard InChI is InChI=1S/C30H52N3O6P/c1-10-12-14-18-36-27-21-25(26(33(34)35)22-28(27)37-19-15-13-11-2)29(30(7,8)9)39-40(38-20-16-17-31)32(23(3)4)24(5)6/h21-24,29H,10-16,18-20H2,1-9H3. The largest absolute Gasteiger partial charge is 0.490 e. The maximum absolute atomic E-state index is 12.4. The van der Waals surface area contributed by atoms with Gasteiger partial charge in [0.25, 0.3) is 14.2 Å². The predicted octanol–water partition coefficient (Wildman–Crippen LogP) is 9.11. The van der Waals surface area contributed by atoms with Gasteiger partial charge < -0.3 is 18.5 Å². The number of hydrogen-bond acceptors (Lipinski definition) is 8. The number of ether oxygens (including phenoxy) is 2. The van der Waals surface area contributed by atoms with Gasteiger partial charge in [-0.25, -0.2) is 4.67 Å². The van der Waals surface area contributed by atoms with Crippen LogP contribution in [-0.2, 0) is 9.05 Å². The van der Waals surface area contributed by atoms with Gasteiger partial charge in [-0.3, -0.25) is 10.1 Å². The summed E-state index contributed by atoms with van der Waals surface area (Å²) in [5, 5.41) is 21.5. The number of rotatable bonds is 20. The summed E-state index contributed by atoms with van der Waals surface area (Å²) in [6, 6.07) is 5.53. The quantitative estimate of drug-likeness (QED) is 0.0649. The first-order valence-corrected chi connectivity index (χ1v) is 15.8. The highest BCUT2D eigenvalue weighted by Crippen LogP contribution is 2.55. The Labute approximate surface area is 243 Å². The van der Waals surface area contributed by atoms with Crippen LogP contribution in [0, 0.1) is 26.9 Å². The second-order valence-electron chi connectivity index (χ2n) is 11.6. The molecule has 40 heavy (non-hydrogen) atoms. The predicted molar refractivity (Wildman–Crippen MR) is 162 cm³/mol. The van der Waals surface area contributed by atoms with Gasteiger partial charge in [-0.15, -0.1) is 0 Å². The molecule has 0 aliphatic heterocycles. The van der Waals surface area contributed by atoms with Crippen LogP contribution in [0.15, 0.2) is 12.1 Å². The molecular formula is C30H52N3O6P. The Balaban J connectivity index is 3.65. The van der Waals surface area contributed by atoms with E-state index < -0.39 is 20.0 Å². The average Bonchev–Trinajstić information content (AvgIpc) is 2.86. The topological polar surface area (TPSA) is 107 Å². The Bertz CT molecular complexity index is 921. The van der Waals surface area contributed by atoms with E-state index in [9.17, 15) is 10.1 Å². The highest BCUT2D eigenvalue weighted by Gasteiger charge is 2.39. The molecule has 9 nitrogen and oxygen atoms in total. The van der Waals surface area contributed by atoms with E-state index in [1.807, 2.05) is 20.8 Å². The minimum Gasteiger partial charge on any atom is -0.490 e. The molecule has 2 atom stereocenters. The number of benzene rings is 1. The van der Waals surface area contributed by atoms with E-state index in [-0.39, 0.29) is 35.7 Å². The molecule has 0 aliphatic rings. The summed E-state index contributed by atoms with van der Waals surface area (Å²) in [7, 11) is -1.63. The van der Waals surface area contributed by atoms with Gasteiger partial charge in [0.1, 0.15) is 6.10 Å². The lowest BCUT2D eigenvalue weighted by atomic mass is 9.84. The van der Waals surface area contributed by atoms with Crippen molar-refractivity contribution in [3.8, 4) is 17.6 Å². The number of nitrogens with zero attached hydrogens (tertiary/aromatic N) is 3. The monoisotopic (exact) mass is 581 g/mol. The third-order valence-corrected chi connectivity index (χ3v) is 8.32. The molecule has 0 aliphatic carbocycles. The van der Waals surface area contributed by atoms with Gasteiger partial charge in [0.15, 0.2) is 11.5 Å². The summed E-state index contributed by atoms with van der Waals surface area (Å²) in [6.45, 7) is 19.7. The van der Waals surface area contributed by atoms with E-state index in [1.54, 1.807) is 6.07 Å². The third kappa shape index (κ3) is 11.9. The third-order valence-electron chi connectivity index (χ3n) is 6.23. The highest BCUT2D eigenvalue weighted by molar-refractivity contribution is 7.44. The Kier molecular flexibility index (Phi) is 16.6. The van der Waals surface area contributed by atoms with Gasteiger partial charge in [-0.1, -0.05) is 60.3 Å². The lowest BCUT2D eigenvalue weighted by molar-refractivity contribution is -0.386. The zero-order valence-corrected chi connectivity index (χ0v) is 27.1. The summed E-state index contributed by atoms with van der Waals surface area (Å²) in [5.41, 5.74) is -0.168. The van der Waals surface area contributed by atoms with E-state index in [2.05, 4.69) is 52.3 Å². The molecule has 0 N–H and O–H groups in total. The first-order chi connectivity index (χ1) is 18.9. The molecule has 228 valence electrons. The number of unbranched alkanes of at least 4 members (excludes halogenated alkanes) is 4. The van der Waals surface area contributed by atoms with Gasteiger partial charge in [-0.2, -0.15) is 5.26 Å². The van der Waals surface area contributed by atoms with Crippen LogP contribution in [0.3, 0.4) is 0 Å². The van der Waals surface area contributed by atoms with Crippen molar-refractivity contribution in [3.63, 3.8) is 0 Å². The average molecular weight is 582 g/mol. The van der Waals surface area contributed by atoms with Crippen molar-refractivity contribution in [2.75, 3.05) is 19.8 Å². The molecule has 0 amide bonds. The first-order valence-electron chi connectivity index (χ1n) is 14.7. The van der Waals surface area contributed by atoms with Crippen molar-refractivity contribution in [1.29, 1.82) is 5.26 Å². The highest BCUT2D eigenvalue weighted by atomic mass is 31.2. The van der Waals surface area contributed by atoms with E-state index in [1.165, 1.54) is 6.07 Å². The number of nitro benzene ring substituents is 1. The number of nitro groups is 1. The molecule has 1 aromatic rings. The van der Waals surface area contributed by atoms with E-state index in [4.69, 9.17) is 23.8 Å². The molecule has 0 radical (unpaired) electrons. The smallest absolute Gasteiger partial charge is 0.279 e. The molecule has 1 aromatic carbocycles. The molecule has 0 spiro atoms. The van der Waals surface area contributed by atoms with Crippen molar-refractivity contribution in [2.24, 2.45) is 5.41 Å². The van der Waals surface area contributed by atoms with Crippen molar-refractivity contribution >= 4 is 14.2 Å². The SMILES string of the molecule is CCCCCOc1cc(C(OP(OCCC#N)N(C(C)C)C(C)C)C(C)(C)C)c([N+](=O)[O-])cc1OCCCCC. The van der Waals surface area contributed by atoms with Gasteiger partial charge in [-0.05, 0) is 52.0 Å². The lowest BCUT2D eigenvalue weighted by Crippen LogP contribution is -2.35. The van der Waals surface area contributed by atoms with Crippen LogP contribution in [0.25, 0.3) is 0 Å². The van der Waals surface area contributed by atoms with Gasteiger partial charge in [0, 0.05) is 12.1 Å². The van der Waals surface area contributed by atoms with Crippen LogP contribution in [0.5, 0.6) is 11.5 Å². The molecular weight excluding hydrogens is 529 g/mol. The van der Waals surface area contributed by atoms with Crippen LogP contribution in [0.1, 0.15) is 119 Å². The molecule has 10 heteroatoms. The fourth-order valence-electron chi connectivity index (χ4n) is 4.29. The fraction of sp³-hybridized carbons (Fsp3) is 0.767. The van der Waals surface area contributed by atoms with Gasteiger partial charge in [0.05, 0.1) is 48.9 Å². The molecule has 0 saturated heterocycles. The normalized spacial score (nSPS) is 13.5. The molecule has 0 aromatic heterocycles. The van der Waals surface area contributed by atoms with Crippen molar-refractivity contribution in [2.45, 2.75) is 125 Å². The van der Waals surface area contributed by atoms with Crippen molar-refractivity contribution in [3.05, 3.63) is 27.8 Å². The zero-order chi connectivity index (χ0) is 30.3.